The van der Waals surface area contributed by atoms with Gasteiger partial charge >= 0.3 is 5.63 Å². The number of benzene rings is 2. The summed E-state index contributed by atoms with van der Waals surface area (Å²) in [7, 11) is 0. The zero-order chi connectivity index (χ0) is 12.7. The number of hydrogen-bond donors (Lipinski definition) is 0. The fourth-order valence-electron chi connectivity index (χ4n) is 2.02. The maximum Gasteiger partial charge on any atom is 0.336 e. The summed E-state index contributed by atoms with van der Waals surface area (Å²) in [4.78, 5) is 21.8. The molecular weight excluding hydrogens is 234 g/mol. The Balaban J connectivity index is 2.63. The van der Waals surface area contributed by atoms with E-state index >= 15 is 0 Å². The molecule has 0 radical (unpaired) electrons. The molecule has 0 aliphatic rings. The Bertz CT molecular complexity index is 835. The van der Waals surface area contributed by atoms with Crippen LogP contribution < -0.4 is 5.63 Å². The van der Waals surface area contributed by atoms with Gasteiger partial charge in [0.2, 0.25) is 0 Å². The Morgan fingerprint density at radius 1 is 1.06 bits per heavy atom. The predicted molar refractivity (Wildman–Crippen MR) is 66.6 cm³/mol. The van der Waals surface area contributed by atoms with Crippen molar-refractivity contribution in [2.75, 3.05) is 0 Å². The first-order valence-corrected chi connectivity index (χ1v) is 5.27. The minimum atomic E-state index is -0.520. The number of rotatable bonds is 1. The quantitative estimate of drug-likeness (QED) is 0.284. The Labute approximate surface area is 100 Å². The highest BCUT2D eigenvalue weighted by atomic mass is 16.6. The second-order valence-corrected chi connectivity index (χ2v) is 3.87. The molecule has 1 heterocycles. The molecule has 0 N–H and O–H groups in total. The van der Waals surface area contributed by atoms with Gasteiger partial charge in [0.05, 0.1) is 10.3 Å². The predicted octanol–water partition coefficient (Wildman–Crippen LogP) is 2.85. The first-order chi connectivity index (χ1) is 8.66. The topological polar surface area (TPSA) is 73.3 Å². The van der Waals surface area contributed by atoms with Crippen LogP contribution in [0.2, 0.25) is 0 Å². The molecule has 5 heteroatoms. The third-order valence-electron chi connectivity index (χ3n) is 2.80. The fourth-order valence-corrected chi connectivity index (χ4v) is 2.02. The molecule has 3 aromatic rings. The maximum atomic E-state index is 11.3. The molecule has 0 aliphatic carbocycles. The van der Waals surface area contributed by atoms with Gasteiger partial charge in [-0.2, -0.15) is 0 Å². The molecule has 3 rings (SSSR count). The molecule has 0 fully saturated rings. The van der Waals surface area contributed by atoms with Crippen molar-refractivity contribution in [3.05, 3.63) is 63.0 Å². The van der Waals surface area contributed by atoms with E-state index in [1.807, 2.05) is 0 Å². The molecule has 88 valence electrons. The summed E-state index contributed by atoms with van der Waals surface area (Å²) in [5.41, 5.74) is -0.326. The van der Waals surface area contributed by atoms with Crippen molar-refractivity contribution in [1.29, 1.82) is 0 Å². The smallest absolute Gasteiger partial charge is 0.336 e. The van der Waals surface area contributed by atoms with Gasteiger partial charge in [-0.15, -0.1) is 0 Å². The third-order valence-corrected chi connectivity index (χ3v) is 2.80. The molecule has 0 saturated heterocycles. The molecule has 0 spiro atoms. The van der Waals surface area contributed by atoms with E-state index in [1.54, 1.807) is 24.3 Å². The molecule has 0 amide bonds. The van der Waals surface area contributed by atoms with Crippen LogP contribution in [0.25, 0.3) is 21.7 Å². The minimum Gasteiger partial charge on any atom is -0.422 e. The molecule has 1 aromatic heterocycles. The Morgan fingerprint density at radius 3 is 2.61 bits per heavy atom. The van der Waals surface area contributed by atoms with Crippen LogP contribution in [0.15, 0.2) is 51.7 Å². The van der Waals surface area contributed by atoms with Gasteiger partial charge in [-0.05, 0) is 11.5 Å². The Morgan fingerprint density at radius 2 is 1.83 bits per heavy atom. The summed E-state index contributed by atoms with van der Waals surface area (Å²) in [6, 6.07) is 11.2. The van der Waals surface area contributed by atoms with Crippen molar-refractivity contribution in [2.45, 2.75) is 0 Å². The lowest BCUT2D eigenvalue weighted by molar-refractivity contribution is -0.383. The van der Waals surface area contributed by atoms with E-state index in [4.69, 9.17) is 4.42 Å². The van der Waals surface area contributed by atoms with Crippen LogP contribution >= 0.6 is 0 Å². The first-order valence-electron chi connectivity index (χ1n) is 5.27. The second kappa shape index (κ2) is 3.66. The van der Waals surface area contributed by atoms with Crippen LogP contribution in [0.5, 0.6) is 0 Å². The van der Waals surface area contributed by atoms with Crippen LogP contribution in [0.3, 0.4) is 0 Å². The number of nitro groups is 1. The zero-order valence-corrected chi connectivity index (χ0v) is 9.12. The van der Waals surface area contributed by atoms with Gasteiger partial charge in [0.1, 0.15) is 0 Å². The summed E-state index contributed by atoms with van der Waals surface area (Å²) in [5, 5.41) is 12.7. The molecular formula is C13H7NO4. The number of nitrogens with zero attached hydrogens (tertiary/aromatic N) is 1. The number of non-ortho nitro benzene ring substituents is 1. The maximum absolute atomic E-state index is 11.3. The molecule has 0 unspecified atom stereocenters. The molecule has 5 nitrogen and oxygen atoms in total. The van der Waals surface area contributed by atoms with Crippen LogP contribution in [0, 0.1) is 10.1 Å². The van der Waals surface area contributed by atoms with E-state index < -0.39 is 10.5 Å². The highest BCUT2D eigenvalue weighted by Gasteiger charge is 2.16. The normalized spacial score (nSPS) is 10.9. The van der Waals surface area contributed by atoms with E-state index in [2.05, 4.69) is 0 Å². The van der Waals surface area contributed by atoms with E-state index in [0.29, 0.717) is 16.2 Å². The summed E-state index contributed by atoms with van der Waals surface area (Å²) in [6.45, 7) is 0. The standard InChI is InChI=1S/C13H7NO4/c15-12-6-5-10-11(14(16)17)7-8-3-1-2-4-9(8)13(10)18-12/h1-7H. The van der Waals surface area contributed by atoms with Gasteiger partial charge < -0.3 is 4.42 Å². The average Bonchev–Trinajstić information content (AvgIpc) is 2.37. The third kappa shape index (κ3) is 1.45. The van der Waals surface area contributed by atoms with E-state index in [1.165, 1.54) is 18.2 Å². The molecule has 18 heavy (non-hydrogen) atoms. The molecule has 0 atom stereocenters. The van der Waals surface area contributed by atoms with E-state index in [9.17, 15) is 14.9 Å². The van der Waals surface area contributed by atoms with Crippen molar-refractivity contribution < 1.29 is 9.34 Å². The van der Waals surface area contributed by atoms with Crippen molar-refractivity contribution in [3.63, 3.8) is 0 Å². The van der Waals surface area contributed by atoms with Crippen LogP contribution in [0.4, 0.5) is 5.69 Å². The van der Waals surface area contributed by atoms with E-state index in [0.717, 1.165) is 0 Å². The first kappa shape index (κ1) is 10.5. The lowest BCUT2D eigenvalue weighted by Gasteiger charge is -2.02. The van der Waals surface area contributed by atoms with Gasteiger partial charge in [-0.1, -0.05) is 24.3 Å². The van der Waals surface area contributed by atoms with Gasteiger partial charge in [-0.25, -0.2) is 4.79 Å². The molecule has 0 saturated carbocycles. The largest absolute Gasteiger partial charge is 0.422 e. The van der Waals surface area contributed by atoms with Gasteiger partial charge in [0.15, 0.2) is 5.58 Å². The SMILES string of the molecule is O=c1ccc2c([N+](=O)[O-])cc3ccccc3c2o1. The van der Waals surface area contributed by atoms with Crippen molar-refractivity contribution in [3.8, 4) is 0 Å². The van der Waals surface area contributed by atoms with Gasteiger partial charge in [0.25, 0.3) is 5.69 Å². The Kier molecular flexibility index (Phi) is 2.13. The minimum absolute atomic E-state index is 0.0625. The average molecular weight is 241 g/mol. The van der Waals surface area contributed by atoms with Gasteiger partial charge in [-0.3, -0.25) is 10.1 Å². The highest BCUT2D eigenvalue weighted by molar-refractivity contribution is 6.08. The zero-order valence-electron chi connectivity index (χ0n) is 9.12. The highest BCUT2D eigenvalue weighted by Crippen LogP contribution is 2.32. The summed E-state index contributed by atoms with van der Waals surface area (Å²) in [5.74, 6) is 0. The molecule has 0 aliphatic heterocycles. The van der Waals surface area contributed by atoms with Crippen LogP contribution in [-0.2, 0) is 0 Å². The van der Waals surface area contributed by atoms with Crippen molar-refractivity contribution in [2.24, 2.45) is 0 Å². The summed E-state index contributed by atoms with van der Waals surface area (Å²) >= 11 is 0. The van der Waals surface area contributed by atoms with Gasteiger partial charge in [0, 0.05) is 17.5 Å². The lowest BCUT2D eigenvalue weighted by Crippen LogP contribution is -1.97. The summed E-state index contributed by atoms with van der Waals surface area (Å²) in [6.07, 6.45) is 0. The van der Waals surface area contributed by atoms with Crippen molar-refractivity contribution >= 4 is 27.4 Å². The van der Waals surface area contributed by atoms with Crippen molar-refractivity contribution in [1.82, 2.24) is 0 Å². The molecule has 0 bridgehead atoms. The Hall–Kier alpha value is -2.69. The number of fused-ring (bicyclic) bond motifs is 3. The van der Waals surface area contributed by atoms with Crippen LogP contribution in [0.1, 0.15) is 0 Å². The number of hydrogen-bond acceptors (Lipinski definition) is 4. The summed E-state index contributed by atoms with van der Waals surface area (Å²) < 4.78 is 5.11. The lowest BCUT2D eigenvalue weighted by atomic mass is 10.1. The van der Waals surface area contributed by atoms with Crippen LogP contribution in [-0.4, -0.2) is 4.92 Å². The second-order valence-electron chi connectivity index (χ2n) is 3.87. The number of nitro benzene ring substituents is 1. The molecule has 2 aromatic carbocycles. The van der Waals surface area contributed by atoms with E-state index in [-0.39, 0.29) is 11.3 Å². The monoisotopic (exact) mass is 241 g/mol. The fraction of sp³-hybridized carbons (Fsp3) is 0.